The van der Waals surface area contributed by atoms with Crippen LogP contribution in [0.3, 0.4) is 0 Å². The summed E-state index contributed by atoms with van der Waals surface area (Å²) in [5.74, 6) is 0.628. The number of rotatable bonds is 4. The fourth-order valence-electron chi connectivity index (χ4n) is 3.11. The van der Waals surface area contributed by atoms with Gasteiger partial charge in [-0.1, -0.05) is 18.6 Å². The Labute approximate surface area is 120 Å². The number of nitrogens with one attached hydrogen (secondary N) is 1. The van der Waals surface area contributed by atoms with Crippen LogP contribution in [0.2, 0.25) is 0 Å². The van der Waals surface area contributed by atoms with Gasteiger partial charge in [-0.05, 0) is 54.8 Å². The lowest BCUT2D eigenvalue weighted by Crippen LogP contribution is -2.28. The average Bonchev–Trinajstić information content (AvgIpc) is 2.47. The third-order valence-electron chi connectivity index (χ3n) is 4.22. The van der Waals surface area contributed by atoms with Gasteiger partial charge in [0.2, 0.25) is 0 Å². The van der Waals surface area contributed by atoms with Crippen molar-refractivity contribution < 1.29 is 5.11 Å². The molecule has 2 aromatic rings. The Hall–Kier alpha value is -1.45. The van der Waals surface area contributed by atoms with E-state index in [1.54, 1.807) is 0 Å². The lowest BCUT2D eigenvalue weighted by molar-refractivity contribution is 0.101. The molecule has 1 aliphatic rings. The van der Waals surface area contributed by atoms with E-state index in [4.69, 9.17) is 0 Å². The first-order chi connectivity index (χ1) is 9.81. The van der Waals surface area contributed by atoms with Crippen LogP contribution in [0.1, 0.15) is 31.2 Å². The van der Waals surface area contributed by atoms with E-state index < -0.39 is 0 Å². The Morgan fingerprint density at radius 3 is 3.05 bits per heavy atom. The molecule has 2 unspecified atom stereocenters. The van der Waals surface area contributed by atoms with Gasteiger partial charge in [0, 0.05) is 24.3 Å². The first-order valence-electron chi connectivity index (χ1n) is 7.53. The van der Waals surface area contributed by atoms with Crippen molar-refractivity contribution in [2.45, 2.75) is 38.3 Å². The van der Waals surface area contributed by atoms with Crippen molar-refractivity contribution in [2.75, 3.05) is 6.54 Å². The Kier molecular flexibility index (Phi) is 4.28. The summed E-state index contributed by atoms with van der Waals surface area (Å²) in [6.07, 6.45) is 8.00. The summed E-state index contributed by atoms with van der Waals surface area (Å²) in [6.45, 7) is 1.90. The standard InChI is InChI=1S/C17H22N2O/c20-17-3-1-2-13(9-17)10-19-11-14-4-5-16-12-18-7-6-15(16)8-14/h4-8,12-13,17,19-20H,1-3,9-11H2. The van der Waals surface area contributed by atoms with E-state index in [9.17, 15) is 5.11 Å². The molecule has 1 fully saturated rings. The molecule has 0 saturated heterocycles. The van der Waals surface area contributed by atoms with Crippen molar-refractivity contribution in [3.05, 3.63) is 42.2 Å². The van der Waals surface area contributed by atoms with Gasteiger partial charge in [-0.15, -0.1) is 0 Å². The topological polar surface area (TPSA) is 45.1 Å². The number of hydrogen-bond donors (Lipinski definition) is 2. The predicted molar refractivity (Wildman–Crippen MR) is 81.4 cm³/mol. The van der Waals surface area contributed by atoms with E-state index in [1.807, 2.05) is 12.4 Å². The normalized spacial score (nSPS) is 23.1. The number of hydrogen-bond acceptors (Lipinski definition) is 3. The van der Waals surface area contributed by atoms with Crippen molar-refractivity contribution in [3.8, 4) is 0 Å². The third-order valence-corrected chi connectivity index (χ3v) is 4.22. The Bertz CT molecular complexity index is 570. The van der Waals surface area contributed by atoms with Crippen LogP contribution < -0.4 is 5.32 Å². The highest BCUT2D eigenvalue weighted by Crippen LogP contribution is 2.23. The van der Waals surface area contributed by atoms with Crippen LogP contribution in [0.5, 0.6) is 0 Å². The van der Waals surface area contributed by atoms with Gasteiger partial charge in [0.15, 0.2) is 0 Å². The molecule has 0 amide bonds. The molecule has 1 aromatic heterocycles. The summed E-state index contributed by atoms with van der Waals surface area (Å²) >= 11 is 0. The van der Waals surface area contributed by atoms with Gasteiger partial charge in [0.25, 0.3) is 0 Å². The summed E-state index contributed by atoms with van der Waals surface area (Å²) < 4.78 is 0. The van der Waals surface area contributed by atoms with Crippen LogP contribution in [0, 0.1) is 5.92 Å². The van der Waals surface area contributed by atoms with E-state index in [1.165, 1.54) is 22.8 Å². The van der Waals surface area contributed by atoms with Crippen LogP contribution >= 0.6 is 0 Å². The Morgan fingerprint density at radius 1 is 1.20 bits per heavy atom. The van der Waals surface area contributed by atoms with Gasteiger partial charge in [0.1, 0.15) is 0 Å². The van der Waals surface area contributed by atoms with Crippen molar-refractivity contribution >= 4 is 10.8 Å². The maximum atomic E-state index is 9.68. The minimum Gasteiger partial charge on any atom is -0.393 e. The highest BCUT2D eigenvalue weighted by atomic mass is 16.3. The second kappa shape index (κ2) is 6.33. The summed E-state index contributed by atoms with van der Waals surface area (Å²) in [5, 5.41) is 15.6. The molecule has 106 valence electrons. The lowest BCUT2D eigenvalue weighted by Gasteiger charge is -2.26. The highest BCUT2D eigenvalue weighted by molar-refractivity contribution is 5.81. The molecule has 1 heterocycles. The second-order valence-corrected chi connectivity index (χ2v) is 5.87. The largest absolute Gasteiger partial charge is 0.393 e. The summed E-state index contributed by atoms with van der Waals surface area (Å²) in [7, 11) is 0. The first kappa shape index (κ1) is 13.5. The molecule has 3 heteroatoms. The zero-order valence-corrected chi connectivity index (χ0v) is 11.8. The van der Waals surface area contributed by atoms with E-state index in [0.717, 1.165) is 32.4 Å². The van der Waals surface area contributed by atoms with Crippen LogP contribution in [-0.2, 0) is 6.54 Å². The molecule has 3 nitrogen and oxygen atoms in total. The fourth-order valence-corrected chi connectivity index (χ4v) is 3.11. The zero-order valence-electron chi connectivity index (χ0n) is 11.8. The quantitative estimate of drug-likeness (QED) is 0.898. The van der Waals surface area contributed by atoms with E-state index in [0.29, 0.717) is 5.92 Å². The number of nitrogens with zero attached hydrogens (tertiary/aromatic N) is 1. The number of aliphatic hydroxyl groups is 1. The number of aromatic nitrogens is 1. The van der Waals surface area contributed by atoms with Crippen molar-refractivity contribution in [2.24, 2.45) is 5.92 Å². The Balaban J connectivity index is 1.54. The molecule has 1 aromatic carbocycles. The predicted octanol–water partition coefficient (Wildman–Crippen LogP) is 2.88. The van der Waals surface area contributed by atoms with Gasteiger partial charge in [-0.3, -0.25) is 4.98 Å². The highest BCUT2D eigenvalue weighted by Gasteiger charge is 2.19. The SMILES string of the molecule is OC1CCCC(CNCc2ccc3cnccc3c2)C1. The molecule has 2 atom stereocenters. The molecule has 3 rings (SSSR count). The van der Waals surface area contributed by atoms with E-state index in [-0.39, 0.29) is 6.10 Å². The third kappa shape index (κ3) is 3.35. The second-order valence-electron chi connectivity index (χ2n) is 5.87. The first-order valence-corrected chi connectivity index (χ1v) is 7.53. The monoisotopic (exact) mass is 270 g/mol. The molecule has 0 bridgehead atoms. The zero-order chi connectivity index (χ0) is 13.8. The number of pyridine rings is 1. The number of fused-ring (bicyclic) bond motifs is 1. The van der Waals surface area contributed by atoms with Crippen LogP contribution in [0.4, 0.5) is 0 Å². The van der Waals surface area contributed by atoms with Gasteiger partial charge in [-0.25, -0.2) is 0 Å². The molecule has 1 aliphatic carbocycles. The number of benzene rings is 1. The smallest absolute Gasteiger partial charge is 0.0543 e. The van der Waals surface area contributed by atoms with Crippen molar-refractivity contribution in [3.63, 3.8) is 0 Å². The molecule has 20 heavy (non-hydrogen) atoms. The molecule has 0 spiro atoms. The van der Waals surface area contributed by atoms with Crippen LogP contribution in [-0.4, -0.2) is 22.7 Å². The van der Waals surface area contributed by atoms with Crippen molar-refractivity contribution in [1.29, 1.82) is 0 Å². The van der Waals surface area contributed by atoms with E-state index >= 15 is 0 Å². The van der Waals surface area contributed by atoms with Gasteiger partial charge < -0.3 is 10.4 Å². The molecular weight excluding hydrogens is 248 g/mol. The Morgan fingerprint density at radius 2 is 2.15 bits per heavy atom. The number of aliphatic hydroxyl groups excluding tert-OH is 1. The molecular formula is C17H22N2O. The molecule has 0 aliphatic heterocycles. The minimum atomic E-state index is -0.0799. The average molecular weight is 270 g/mol. The molecule has 2 N–H and O–H groups in total. The fraction of sp³-hybridized carbons (Fsp3) is 0.471. The maximum Gasteiger partial charge on any atom is 0.0543 e. The summed E-state index contributed by atoms with van der Waals surface area (Å²) in [4.78, 5) is 4.13. The van der Waals surface area contributed by atoms with Gasteiger partial charge in [-0.2, -0.15) is 0 Å². The van der Waals surface area contributed by atoms with Crippen LogP contribution in [0.25, 0.3) is 10.8 Å². The van der Waals surface area contributed by atoms with Crippen LogP contribution in [0.15, 0.2) is 36.7 Å². The van der Waals surface area contributed by atoms with E-state index in [2.05, 4.69) is 34.6 Å². The van der Waals surface area contributed by atoms with Gasteiger partial charge in [0.05, 0.1) is 6.10 Å². The minimum absolute atomic E-state index is 0.0799. The molecule has 1 saturated carbocycles. The maximum absolute atomic E-state index is 9.68. The van der Waals surface area contributed by atoms with Crippen molar-refractivity contribution in [1.82, 2.24) is 10.3 Å². The summed E-state index contributed by atoms with van der Waals surface area (Å²) in [5.41, 5.74) is 1.31. The molecule has 0 radical (unpaired) electrons. The summed E-state index contributed by atoms with van der Waals surface area (Å²) in [6, 6.07) is 8.56. The van der Waals surface area contributed by atoms with Gasteiger partial charge >= 0.3 is 0 Å². The lowest BCUT2D eigenvalue weighted by atomic mass is 9.87.